The predicted molar refractivity (Wildman–Crippen MR) is 153 cm³/mol. The number of fused-ring (bicyclic) bond motifs is 9. The molecule has 0 aliphatic carbocycles. The molecule has 34 heavy (non-hydrogen) atoms. The van der Waals surface area contributed by atoms with Crippen molar-refractivity contribution in [3.05, 3.63) is 109 Å². The van der Waals surface area contributed by atoms with Gasteiger partial charge in [0.2, 0.25) is 0 Å². The third-order valence-corrected chi connectivity index (χ3v) is 9.31. The summed E-state index contributed by atoms with van der Waals surface area (Å²) in [7, 11) is 0. The van der Waals surface area contributed by atoms with Crippen molar-refractivity contribution in [3.63, 3.8) is 0 Å². The Hall–Kier alpha value is -3.72. The first-order valence-electron chi connectivity index (χ1n) is 11.5. The zero-order valence-corrected chi connectivity index (χ0v) is 19.8. The molecule has 0 unspecified atom stereocenters. The highest BCUT2D eigenvalue weighted by atomic mass is 32.1. The van der Waals surface area contributed by atoms with Crippen LogP contribution in [0.2, 0.25) is 0 Å². The maximum atomic E-state index is 2.42. The third kappa shape index (κ3) is 2.58. The molecule has 0 aliphatic heterocycles. The average Bonchev–Trinajstić information content (AvgIpc) is 3.44. The van der Waals surface area contributed by atoms with Gasteiger partial charge >= 0.3 is 0 Å². The first-order chi connectivity index (χ1) is 16.8. The van der Waals surface area contributed by atoms with Crippen LogP contribution in [0.4, 0.5) is 0 Å². The van der Waals surface area contributed by atoms with Crippen LogP contribution in [0.15, 0.2) is 109 Å². The largest absolute Gasteiger partial charge is 0.135 e. The van der Waals surface area contributed by atoms with Crippen LogP contribution in [0.25, 0.3) is 73.0 Å². The standard InChI is InChI=1S/C32H18S2/c1-2-8-21-19(7-1)15-25(20-13-14-24-22-9-3-5-11-29(22)33-31(24)16-20)27-18-32-28(17-26(21)27)23-10-4-6-12-30(23)34-32/h1-18H. The Balaban J connectivity index is 1.50. The van der Waals surface area contributed by atoms with Crippen molar-refractivity contribution in [2.45, 2.75) is 0 Å². The van der Waals surface area contributed by atoms with Gasteiger partial charge in [0.15, 0.2) is 0 Å². The van der Waals surface area contributed by atoms with Crippen molar-refractivity contribution in [1.29, 1.82) is 0 Å². The molecule has 2 heterocycles. The number of rotatable bonds is 1. The Morgan fingerprint density at radius 3 is 1.76 bits per heavy atom. The molecule has 0 radical (unpaired) electrons. The van der Waals surface area contributed by atoms with E-state index < -0.39 is 0 Å². The molecule has 158 valence electrons. The topological polar surface area (TPSA) is 0 Å². The first kappa shape index (κ1) is 18.7. The Morgan fingerprint density at radius 1 is 0.353 bits per heavy atom. The fourth-order valence-electron chi connectivity index (χ4n) is 5.45. The fraction of sp³-hybridized carbons (Fsp3) is 0. The summed E-state index contributed by atoms with van der Waals surface area (Å²) in [5.41, 5.74) is 2.60. The molecule has 0 fully saturated rings. The van der Waals surface area contributed by atoms with Crippen LogP contribution in [-0.2, 0) is 0 Å². The minimum absolute atomic E-state index is 1.29. The molecule has 0 atom stereocenters. The molecule has 8 rings (SSSR count). The highest BCUT2D eigenvalue weighted by Crippen LogP contribution is 2.43. The fourth-order valence-corrected chi connectivity index (χ4v) is 7.72. The van der Waals surface area contributed by atoms with Crippen LogP contribution in [-0.4, -0.2) is 0 Å². The molecule has 2 aromatic heterocycles. The molecule has 0 N–H and O–H groups in total. The van der Waals surface area contributed by atoms with Crippen LogP contribution >= 0.6 is 22.7 Å². The minimum atomic E-state index is 1.29. The van der Waals surface area contributed by atoms with E-state index in [4.69, 9.17) is 0 Å². The van der Waals surface area contributed by atoms with Crippen LogP contribution in [0.3, 0.4) is 0 Å². The SMILES string of the molecule is c1ccc2c(c1)cc(-c1ccc3c(c1)sc1ccccc13)c1cc3sc4ccccc4c3cc12. The van der Waals surface area contributed by atoms with Gasteiger partial charge in [-0.05, 0) is 69.1 Å². The summed E-state index contributed by atoms with van der Waals surface area (Å²) in [4.78, 5) is 0. The molecule has 6 aromatic carbocycles. The number of hydrogen-bond donors (Lipinski definition) is 0. The van der Waals surface area contributed by atoms with Crippen LogP contribution in [0, 0.1) is 0 Å². The summed E-state index contributed by atoms with van der Waals surface area (Å²) >= 11 is 3.78. The van der Waals surface area contributed by atoms with Gasteiger partial charge in [-0.1, -0.05) is 72.8 Å². The summed E-state index contributed by atoms with van der Waals surface area (Å²) in [5.74, 6) is 0. The van der Waals surface area contributed by atoms with Gasteiger partial charge in [0.1, 0.15) is 0 Å². The van der Waals surface area contributed by atoms with Gasteiger partial charge in [-0.2, -0.15) is 0 Å². The second-order valence-electron chi connectivity index (χ2n) is 8.95. The molecule has 2 heteroatoms. The lowest BCUT2D eigenvalue weighted by atomic mass is 9.92. The van der Waals surface area contributed by atoms with Gasteiger partial charge in [-0.15, -0.1) is 22.7 Å². The van der Waals surface area contributed by atoms with Crippen LogP contribution in [0.5, 0.6) is 0 Å². The first-order valence-corrected chi connectivity index (χ1v) is 13.2. The van der Waals surface area contributed by atoms with Gasteiger partial charge in [0.05, 0.1) is 0 Å². The molecule has 0 saturated heterocycles. The van der Waals surface area contributed by atoms with Crippen LogP contribution < -0.4 is 0 Å². The van der Waals surface area contributed by atoms with E-state index in [0.29, 0.717) is 0 Å². The second kappa shape index (κ2) is 6.89. The summed E-state index contributed by atoms with van der Waals surface area (Å²) in [6.07, 6.45) is 0. The van der Waals surface area contributed by atoms with Gasteiger partial charge in [-0.25, -0.2) is 0 Å². The summed E-state index contributed by atoms with van der Waals surface area (Å²) in [6, 6.07) is 40.5. The molecule has 0 nitrogen and oxygen atoms in total. The lowest BCUT2D eigenvalue weighted by Gasteiger charge is -2.12. The normalized spacial score (nSPS) is 12.1. The second-order valence-corrected chi connectivity index (χ2v) is 11.1. The maximum absolute atomic E-state index is 2.42. The van der Waals surface area contributed by atoms with Crippen molar-refractivity contribution in [2.24, 2.45) is 0 Å². The molecule has 0 aliphatic rings. The average molecular weight is 467 g/mol. The van der Waals surface area contributed by atoms with Gasteiger partial charge in [0.25, 0.3) is 0 Å². The number of hydrogen-bond acceptors (Lipinski definition) is 2. The predicted octanol–water partition coefficient (Wildman–Crippen LogP) is 10.4. The van der Waals surface area contributed by atoms with Gasteiger partial charge in [0, 0.05) is 40.3 Å². The molecule has 0 saturated carbocycles. The van der Waals surface area contributed by atoms with Crippen molar-refractivity contribution >= 4 is 84.6 Å². The monoisotopic (exact) mass is 466 g/mol. The highest BCUT2D eigenvalue weighted by molar-refractivity contribution is 7.26. The Bertz CT molecular complexity index is 2070. The van der Waals surface area contributed by atoms with Gasteiger partial charge in [-0.3, -0.25) is 0 Å². The summed E-state index contributed by atoms with van der Waals surface area (Å²) in [6.45, 7) is 0. The van der Waals surface area contributed by atoms with E-state index in [1.165, 1.54) is 73.0 Å². The Labute approximate surface area is 204 Å². The third-order valence-electron chi connectivity index (χ3n) is 7.05. The molecule has 0 bridgehead atoms. The maximum Gasteiger partial charge on any atom is 0.0362 e. The quantitative estimate of drug-likeness (QED) is 0.211. The highest BCUT2D eigenvalue weighted by Gasteiger charge is 2.14. The van der Waals surface area contributed by atoms with E-state index in [-0.39, 0.29) is 0 Å². The van der Waals surface area contributed by atoms with Crippen LogP contribution in [0.1, 0.15) is 0 Å². The minimum Gasteiger partial charge on any atom is -0.135 e. The molecular formula is C32H18S2. The number of benzene rings is 6. The summed E-state index contributed by atoms with van der Waals surface area (Å²) < 4.78 is 5.41. The van der Waals surface area contributed by atoms with E-state index in [9.17, 15) is 0 Å². The molecule has 0 spiro atoms. The molecule has 8 aromatic rings. The Kier molecular flexibility index (Phi) is 3.79. The van der Waals surface area contributed by atoms with Crippen molar-refractivity contribution < 1.29 is 0 Å². The van der Waals surface area contributed by atoms with Crippen molar-refractivity contribution in [3.8, 4) is 11.1 Å². The lowest BCUT2D eigenvalue weighted by Crippen LogP contribution is -1.85. The van der Waals surface area contributed by atoms with E-state index in [1.807, 2.05) is 22.7 Å². The summed E-state index contributed by atoms with van der Waals surface area (Å²) in [5, 5.41) is 10.7. The van der Waals surface area contributed by atoms with E-state index >= 15 is 0 Å². The molecule has 0 amide bonds. The van der Waals surface area contributed by atoms with E-state index in [1.54, 1.807) is 0 Å². The lowest BCUT2D eigenvalue weighted by molar-refractivity contribution is 1.74. The zero-order valence-electron chi connectivity index (χ0n) is 18.2. The Morgan fingerprint density at radius 2 is 0.971 bits per heavy atom. The smallest absolute Gasteiger partial charge is 0.0362 e. The van der Waals surface area contributed by atoms with E-state index in [2.05, 4.69) is 109 Å². The van der Waals surface area contributed by atoms with Crippen molar-refractivity contribution in [2.75, 3.05) is 0 Å². The zero-order chi connectivity index (χ0) is 22.2. The molecular weight excluding hydrogens is 448 g/mol. The van der Waals surface area contributed by atoms with Crippen molar-refractivity contribution in [1.82, 2.24) is 0 Å². The van der Waals surface area contributed by atoms with Gasteiger partial charge < -0.3 is 0 Å². The number of thiophene rings is 2. The van der Waals surface area contributed by atoms with E-state index in [0.717, 1.165) is 0 Å².